The molecule has 0 saturated heterocycles. The predicted octanol–water partition coefficient (Wildman–Crippen LogP) is 5.42. The van der Waals surface area contributed by atoms with Crippen LogP contribution in [0.2, 0.25) is 0 Å². The number of rotatable bonds is 4. The van der Waals surface area contributed by atoms with Gasteiger partial charge in [-0.3, -0.25) is 0 Å². The maximum atomic E-state index is 6.28. The Morgan fingerprint density at radius 1 is 1.05 bits per heavy atom. The summed E-state index contributed by atoms with van der Waals surface area (Å²) in [6.45, 7) is 4.02. The van der Waals surface area contributed by atoms with Crippen molar-refractivity contribution >= 4 is 38.4 Å². The first-order valence-electron chi connectivity index (χ1n) is 6.73. The number of benzene rings is 2. The van der Waals surface area contributed by atoms with E-state index in [0.717, 1.165) is 27.7 Å². The van der Waals surface area contributed by atoms with Crippen molar-refractivity contribution in [2.45, 2.75) is 20.3 Å². The standard InChI is InChI=1S/C17H16BrClN2/c1-3-13-6-4-5-7-16(13)17(19)21-20-12(2)14-8-10-15(18)11-9-14/h4-11H,3H2,1-2H3/b20-12+,21-17-. The Morgan fingerprint density at radius 3 is 2.38 bits per heavy atom. The fourth-order valence-electron chi connectivity index (χ4n) is 1.95. The zero-order valence-electron chi connectivity index (χ0n) is 12.0. The summed E-state index contributed by atoms with van der Waals surface area (Å²) in [4.78, 5) is 0. The van der Waals surface area contributed by atoms with Crippen LogP contribution in [0.4, 0.5) is 0 Å². The molecule has 0 aliphatic rings. The van der Waals surface area contributed by atoms with E-state index in [0.29, 0.717) is 5.17 Å². The molecule has 2 nitrogen and oxygen atoms in total. The molecule has 0 unspecified atom stereocenters. The minimum Gasteiger partial charge on any atom is -0.154 e. The van der Waals surface area contributed by atoms with Crippen molar-refractivity contribution in [3.05, 3.63) is 69.7 Å². The van der Waals surface area contributed by atoms with E-state index < -0.39 is 0 Å². The quantitative estimate of drug-likeness (QED) is 0.512. The lowest BCUT2D eigenvalue weighted by molar-refractivity contribution is 1.13. The lowest BCUT2D eigenvalue weighted by atomic mass is 10.1. The van der Waals surface area contributed by atoms with Gasteiger partial charge in [-0.2, -0.15) is 5.10 Å². The second-order valence-corrected chi connectivity index (χ2v) is 5.87. The van der Waals surface area contributed by atoms with Crippen molar-refractivity contribution in [3.8, 4) is 0 Å². The van der Waals surface area contributed by atoms with Crippen LogP contribution in [0.1, 0.15) is 30.5 Å². The predicted molar refractivity (Wildman–Crippen MR) is 94.6 cm³/mol. The van der Waals surface area contributed by atoms with Crippen LogP contribution in [-0.4, -0.2) is 10.9 Å². The van der Waals surface area contributed by atoms with Gasteiger partial charge in [0.2, 0.25) is 0 Å². The number of nitrogens with zero attached hydrogens (tertiary/aromatic N) is 2. The average Bonchev–Trinajstić information content (AvgIpc) is 2.52. The summed E-state index contributed by atoms with van der Waals surface area (Å²) in [7, 11) is 0. The van der Waals surface area contributed by atoms with E-state index in [4.69, 9.17) is 11.6 Å². The Morgan fingerprint density at radius 2 is 1.71 bits per heavy atom. The first-order chi connectivity index (χ1) is 10.1. The highest BCUT2D eigenvalue weighted by atomic mass is 79.9. The van der Waals surface area contributed by atoms with Crippen molar-refractivity contribution in [2.24, 2.45) is 10.2 Å². The maximum absolute atomic E-state index is 6.28. The summed E-state index contributed by atoms with van der Waals surface area (Å²) in [6, 6.07) is 15.9. The molecule has 0 bridgehead atoms. The van der Waals surface area contributed by atoms with E-state index in [-0.39, 0.29) is 0 Å². The molecule has 21 heavy (non-hydrogen) atoms. The third-order valence-electron chi connectivity index (χ3n) is 3.17. The van der Waals surface area contributed by atoms with Crippen molar-refractivity contribution in [1.82, 2.24) is 0 Å². The molecule has 0 fully saturated rings. The molecule has 0 radical (unpaired) electrons. The molecular formula is C17H16BrClN2. The second kappa shape index (κ2) is 7.53. The van der Waals surface area contributed by atoms with Crippen LogP contribution in [0.5, 0.6) is 0 Å². The van der Waals surface area contributed by atoms with Gasteiger partial charge in [-0.15, -0.1) is 5.10 Å². The van der Waals surface area contributed by atoms with Gasteiger partial charge in [-0.1, -0.05) is 70.9 Å². The van der Waals surface area contributed by atoms with Crippen LogP contribution in [0.25, 0.3) is 0 Å². The zero-order chi connectivity index (χ0) is 15.2. The molecule has 0 aliphatic carbocycles. The molecule has 0 spiro atoms. The monoisotopic (exact) mass is 362 g/mol. The van der Waals surface area contributed by atoms with Gasteiger partial charge in [-0.05, 0) is 36.6 Å². The van der Waals surface area contributed by atoms with Gasteiger partial charge in [0.15, 0.2) is 5.17 Å². The fraction of sp³-hybridized carbons (Fsp3) is 0.176. The molecule has 0 aromatic heterocycles. The van der Waals surface area contributed by atoms with Crippen molar-refractivity contribution in [3.63, 3.8) is 0 Å². The van der Waals surface area contributed by atoms with Gasteiger partial charge in [0, 0.05) is 10.0 Å². The largest absolute Gasteiger partial charge is 0.159 e. The maximum Gasteiger partial charge on any atom is 0.159 e. The minimum atomic E-state index is 0.420. The fourth-order valence-corrected chi connectivity index (χ4v) is 2.44. The van der Waals surface area contributed by atoms with Crippen LogP contribution < -0.4 is 0 Å². The summed E-state index contributed by atoms with van der Waals surface area (Å²) in [5.41, 5.74) is 3.96. The van der Waals surface area contributed by atoms with Gasteiger partial charge in [0.05, 0.1) is 5.71 Å². The molecule has 0 aliphatic heterocycles. The van der Waals surface area contributed by atoms with E-state index in [2.05, 4.69) is 39.1 Å². The van der Waals surface area contributed by atoms with Gasteiger partial charge in [0.1, 0.15) is 0 Å². The normalized spacial score (nSPS) is 12.6. The van der Waals surface area contributed by atoms with Crippen molar-refractivity contribution < 1.29 is 0 Å². The Bertz CT molecular complexity index is 675. The van der Waals surface area contributed by atoms with Gasteiger partial charge in [0.25, 0.3) is 0 Å². The van der Waals surface area contributed by atoms with Crippen molar-refractivity contribution in [1.29, 1.82) is 0 Å². The molecule has 2 aromatic rings. The average molecular weight is 364 g/mol. The summed E-state index contributed by atoms with van der Waals surface area (Å²) < 4.78 is 1.04. The topological polar surface area (TPSA) is 24.7 Å². The third-order valence-corrected chi connectivity index (χ3v) is 3.98. The van der Waals surface area contributed by atoms with Crippen LogP contribution >= 0.6 is 27.5 Å². The van der Waals surface area contributed by atoms with Crippen LogP contribution in [0.15, 0.2) is 63.2 Å². The van der Waals surface area contributed by atoms with Gasteiger partial charge in [-0.25, -0.2) is 0 Å². The zero-order valence-corrected chi connectivity index (χ0v) is 14.3. The van der Waals surface area contributed by atoms with Crippen LogP contribution in [0, 0.1) is 0 Å². The van der Waals surface area contributed by atoms with Crippen LogP contribution in [0.3, 0.4) is 0 Å². The number of halogens is 2. The molecule has 108 valence electrons. The SMILES string of the molecule is CCc1ccccc1/C(Cl)=N/N=C(\C)c1ccc(Br)cc1. The number of hydrogen-bond acceptors (Lipinski definition) is 2. The molecule has 2 aromatic carbocycles. The van der Waals surface area contributed by atoms with E-state index in [9.17, 15) is 0 Å². The second-order valence-electron chi connectivity index (χ2n) is 4.59. The molecule has 4 heteroatoms. The lowest BCUT2D eigenvalue weighted by Gasteiger charge is -2.04. The molecule has 0 heterocycles. The summed E-state index contributed by atoms with van der Waals surface area (Å²) in [5.74, 6) is 0. The summed E-state index contributed by atoms with van der Waals surface area (Å²) >= 11 is 9.70. The minimum absolute atomic E-state index is 0.420. The van der Waals surface area contributed by atoms with Gasteiger partial charge < -0.3 is 0 Å². The summed E-state index contributed by atoms with van der Waals surface area (Å²) in [6.07, 6.45) is 0.914. The van der Waals surface area contributed by atoms with E-state index in [1.165, 1.54) is 5.56 Å². The Hall–Kier alpha value is -1.45. The molecule has 0 saturated carbocycles. The Balaban J connectivity index is 2.26. The van der Waals surface area contributed by atoms with E-state index >= 15 is 0 Å². The Labute approximate surface area is 138 Å². The number of aryl methyl sites for hydroxylation is 1. The highest BCUT2D eigenvalue weighted by Gasteiger charge is 2.05. The molecule has 0 amide bonds. The lowest BCUT2D eigenvalue weighted by Crippen LogP contribution is -1.98. The van der Waals surface area contributed by atoms with E-state index in [1.807, 2.05) is 49.4 Å². The first-order valence-corrected chi connectivity index (χ1v) is 7.91. The van der Waals surface area contributed by atoms with Crippen LogP contribution in [-0.2, 0) is 6.42 Å². The smallest absolute Gasteiger partial charge is 0.154 e. The molecule has 0 atom stereocenters. The molecule has 0 N–H and O–H groups in total. The number of hydrogen-bond donors (Lipinski definition) is 0. The molecular weight excluding hydrogens is 348 g/mol. The van der Waals surface area contributed by atoms with Crippen molar-refractivity contribution in [2.75, 3.05) is 0 Å². The first kappa shape index (κ1) is 15.9. The highest BCUT2D eigenvalue weighted by molar-refractivity contribution is 9.10. The Kier molecular flexibility index (Phi) is 5.71. The van der Waals surface area contributed by atoms with Gasteiger partial charge >= 0.3 is 0 Å². The molecule has 2 rings (SSSR count). The highest BCUT2D eigenvalue weighted by Crippen LogP contribution is 2.14. The van der Waals surface area contributed by atoms with E-state index in [1.54, 1.807) is 0 Å². The summed E-state index contributed by atoms with van der Waals surface area (Å²) in [5, 5.41) is 8.81. The third kappa shape index (κ3) is 4.26.